The molecule has 206 valence electrons. The fourth-order valence-corrected chi connectivity index (χ4v) is 5.26. The Balaban J connectivity index is 0.00000164. The molecule has 3 aliphatic rings. The van der Waals surface area contributed by atoms with Gasteiger partial charge in [-0.2, -0.15) is 0 Å². The minimum Gasteiger partial charge on any atom is -0.494 e. The fourth-order valence-electron chi connectivity index (χ4n) is 5.26. The average Bonchev–Trinajstić information content (AvgIpc) is 3.51. The van der Waals surface area contributed by atoms with E-state index in [0.29, 0.717) is 13.2 Å². The SMILES string of the molecule is CC.CCC1CN(c2ccc(N3CCN(CCCOc4ccc5c(c4)B(O)O[C@@H]5CC)CC3)cc2)C(=O)O1. The van der Waals surface area contributed by atoms with E-state index in [4.69, 9.17) is 14.1 Å². The van der Waals surface area contributed by atoms with Crippen molar-refractivity contribution in [3.8, 4) is 5.75 Å². The Labute approximate surface area is 227 Å². The third-order valence-corrected chi connectivity index (χ3v) is 7.45. The van der Waals surface area contributed by atoms with Crippen molar-refractivity contribution in [1.29, 1.82) is 0 Å². The van der Waals surface area contributed by atoms with Gasteiger partial charge in [-0.25, -0.2) is 4.79 Å². The predicted octanol–water partition coefficient (Wildman–Crippen LogP) is 4.21. The topological polar surface area (TPSA) is 74.7 Å². The van der Waals surface area contributed by atoms with Gasteiger partial charge in [0.05, 0.1) is 19.3 Å². The van der Waals surface area contributed by atoms with Crippen LogP contribution in [0.2, 0.25) is 0 Å². The Hall–Kier alpha value is -2.75. The standard InChI is InChI=1S/C27H36BN3O5.C2H6/c1-3-22-19-31(27(32)35-22)21-8-6-20(7-9-21)30-15-13-29(14-16-30)12-5-17-34-23-10-11-24-25(18-23)28(33)36-26(24)4-2;1-2/h6-11,18,22,26,33H,3-5,12-17,19H2,1-2H3;1-2H3/t22?,26-;/m1./s1. The van der Waals surface area contributed by atoms with E-state index in [1.54, 1.807) is 4.90 Å². The van der Waals surface area contributed by atoms with E-state index in [1.807, 2.05) is 51.1 Å². The van der Waals surface area contributed by atoms with Crippen LogP contribution < -0.4 is 20.0 Å². The quantitative estimate of drug-likeness (QED) is 0.390. The molecule has 0 aromatic heterocycles. The highest BCUT2D eigenvalue weighted by molar-refractivity contribution is 6.61. The molecule has 2 aromatic carbocycles. The number of carbonyl (C=O) groups excluding carboxylic acids is 1. The van der Waals surface area contributed by atoms with Crippen LogP contribution in [0.3, 0.4) is 0 Å². The number of hydrogen-bond acceptors (Lipinski definition) is 7. The number of carbonyl (C=O) groups is 1. The molecule has 0 spiro atoms. The Morgan fingerprint density at radius 2 is 1.71 bits per heavy atom. The van der Waals surface area contributed by atoms with Gasteiger partial charge in [0.2, 0.25) is 0 Å². The molecule has 2 aromatic rings. The highest BCUT2D eigenvalue weighted by atomic mass is 16.6. The van der Waals surface area contributed by atoms with Gasteiger partial charge >= 0.3 is 13.2 Å². The molecule has 0 aliphatic carbocycles. The Morgan fingerprint density at radius 1 is 1.00 bits per heavy atom. The third kappa shape index (κ3) is 6.45. The molecule has 0 saturated carbocycles. The number of piperazine rings is 1. The molecule has 0 radical (unpaired) electrons. The summed E-state index contributed by atoms with van der Waals surface area (Å²) in [5.74, 6) is 0.786. The molecule has 38 heavy (non-hydrogen) atoms. The van der Waals surface area contributed by atoms with Gasteiger partial charge in [-0.15, -0.1) is 0 Å². The van der Waals surface area contributed by atoms with Gasteiger partial charge in [-0.05, 0) is 66.7 Å². The van der Waals surface area contributed by atoms with E-state index in [1.165, 1.54) is 5.69 Å². The molecule has 3 heterocycles. The van der Waals surface area contributed by atoms with Gasteiger partial charge in [0, 0.05) is 44.1 Å². The summed E-state index contributed by atoms with van der Waals surface area (Å²) >= 11 is 0. The van der Waals surface area contributed by atoms with Crippen molar-refractivity contribution in [3.05, 3.63) is 48.0 Å². The van der Waals surface area contributed by atoms with Crippen molar-refractivity contribution in [2.75, 3.05) is 55.7 Å². The Morgan fingerprint density at radius 3 is 2.37 bits per heavy atom. The molecule has 2 fully saturated rings. The van der Waals surface area contributed by atoms with E-state index >= 15 is 0 Å². The van der Waals surface area contributed by atoms with Crippen LogP contribution in [-0.4, -0.2) is 75.1 Å². The van der Waals surface area contributed by atoms with Crippen molar-refractivity contribution < 1.29 is 23.9 Å². The highest BCUT2D eigenvalue weighted by Crippen LogP contribution is 2.29. The molecule has 9 heteroatoms. The summed E-state index contributed by atoms with van der Waals surface area (Å²) in [6.07, 6.45) is 2.34. The lowest BCUT2D eigenvalue weighted by atomic mass is 9.79. The maximum Gasteiger partial charge on any atom is 0.492 e. The molecule has 2 saturated heterocycles. The molecule has 0 bridgehead atoms. The lowest BCUT2D eigenvalue weighted by Crippen LogP contribution is -2.46. The molecule has 5 rings (SSSR count). The van der Waals surface area contributed by atoms with E-state index < -0.39 is 7.12 Å². The van der Waals surface area contributed by atoms with Crippen LogP contribution in [0.25, 0.3) is 0 Å². The van der Waals surface area contributed by atoms with Crippen molar-refractivity contribution in [1.82, 2.24) is 4.90 Å². The normalized spacial score (nSPS) is 21.2. The van der Waals surface area contributed by atoms with Crippen molar-refractivity contribution >= 4 is 30.0 Å². The second kappa shape index (κ2) is 13.4. The number of hydrogen-bond donors (Lipinski definition) is 1. The predicted molar refractivity (Wildman–Crippen MR) is 153 cm³/mol. The number of nitrogens with zero attached hydrogens (tertiary/aromatic N) is 3. The average molecular weight is 523 g/mol. The molecule has 2 atom stereocenters. The second-order valence-corrected chi connectivity index (χ2v) is 9.75. The van der Waals surface area contributed by atoms with Crippen LogP contribution in [0.5, 0.6) is 5.75 Å². The number of amides is 1. The summed E-state index contributed by atoms with van der Waals surface area (Å²) in [6.45, 7) is 14.3. The number of ether oxygens (including phenoxy) is 2. The minimum absolute atomic E-state index is 0.0138. The summed E-state index contributed by atoms with van der Waals surface area (Å²) in [5, 5.41) is 10.1. The summed E-state index contributed by atoms with van der Waals surface area (Å²) in [7, 11) is -0.855. The van der Waals surface area contributed by atoms with E-state index in [9.17, 15) is 9.82 Å². The fraction of sp³-hybridized carbons (Fsp3) is 0.552. The van der Waals surface area contributed by atoms with E-state index in [-0.39, 0.29) is 18.3 Å². The molecular weight excluding hydrogens is 481 g/mol. The lowest BCUT2D eigenvalue weighted by molar-refractivity contribution is 0.139. The lowest BCUT2D eigenvalue weighted by Gasteiger charge is -2.36. The second-order valence-electron chi connectivity index (χ2n) is 9.75. The number of benzene rings is 2. The molecular formula is C29H42BN3O5. The Bertz CT molecular complexity index is 1050. The van der Waals surface area contributed by atoms with Crippen LogP contribution in [0.1, 0.15) is 58.6 Å². The summed E-state index contributed by atoms with van der Waals surface area (Å²) < 4.78 is 16.9. The van der Waals surface area contributed by atoms with Crippen molar-refractivity contribution in [3.63, 3.8) is 0 Å². The van der Waals surface area contributed by atoms with Crippen molar-refractivity contribution in [2.24, 2.45) is 0 Å². The van der Waals surface area contributed by atoms with E-state index in [0.717, 1.165) is 74.4 Å². The minimum atomic E-state index is -0.855. The molecule has 1 unspecified atom stereocenters. The zero-order chi connectivity index (χ0) is 27.1. The number of rotatable bonds is 9. The van der Waals surface area contributed by atoms with Crippen LogP contribution in [0, 0.1) is 0 Å². The molecule has 8 nitrogen and oxygen atoms in total. The maximum atomic E-state index is 12.1. The Kier molecular flexibility index (Phi) is 9.94. The summed E-state index contributed by atoms with van der Waals surface area (Å²) in [4.78, 5) is 18.7. The third-order valence-electron chi connectivity index (χ3n) is 7.45. The van der Waals surface area contributed by atoms with Gasteiger partial charge in [-0.3, -0.25) is 9.80 Å². The first-order valence-corrected chi connectivity index (χ1v) is 14.2. The first-order chi connectivity index (χ1) is 18.6. The largest absolute Gasteiger partial charge is 0.494 e. The zero-order valence-corrected chi connectivity index (χ0v) is 23.3. The van der Waals surface area contributed by atoms with Crippen molar-refractivity contribution in [2.45, 2.75) is 59.2 Å². The molecule has 1 N–H and O–H groups in total. The van der Waals surface area contributed by atoms with E-state index in [2.05, 4.69) is 28.9 Å². The first kappa shape index (κ1) is 28.3. The van der Waals surface area contributed by atoms with Crippen LogP contribution >= 0.6 is 0 Å². The van der Waals surface area contributed by atoms with Gasteiger partial charge < -0.3 is 24.1 Å². The van der Waals surface area contributed by atoms with Gasteiger partial charge in [0.25, 0.3) is 0 Å². The number of cyclic esters (lactones) is 1. The number of anilines is 2. The van der Waals surface area contributed by atoms with Crippen LogP contribution in [0.4, 0.5) is 16.2 Å². The molecule has 3 aliphatic heterocycles. The van der Waals surface area contributed by atoms with Gasteiger partial charge in [0.1, 0.15) is 11.9 Å². The van der Waals surface area contributed by atoms with Gasteiger partial charge in [-0.1, -0.05) is 33.8 Å². The molecule has 1 amide bonds. The summed E-state index contributed by atoms with van der Waals surface area (Å²) in [5.41, 5.74) is 3.98. The van der Waals surface area contributed by atoms with Crippen LogP contribution in [-0.2, 0) is 9.39 Å². The summed E-state index contributed by atoms with van der Waals surface area (Å²) in [6, 6.07) is 14.1. The monoisotopic (exact) mass is 523 g/mol. The zero-order valence-electron chi connectivity index (χ0n) is 23.3. The maximum absolute atomic E-state index is 12.1. The van der Waals surface area contributed by atoms with Crippen LogP contribution in [0.15, 0.2) is 42.5 Å². The number of fused-ring (bicyclic) bond motifs is 1. The van der Waals surface area contributed by atoms with Gasteiger partial charge in [0.15, 0.2) is 0 Å². The first-order valence-electron chi connectivity index (χ1n) is 14.2. The smallest absolute Gasteiger partial charge is 0.492 e. The highest BCUT2D eigenvalue weighted by Gasteiger charge is 2.34.